The van der Waals surface area contributed by atoms with Gasteiger partial charge in [-0.1, -0.05) is 34.7 Å². The molecule has 10 heteroatoms. The number of methoxy groups -OCH3 is 1. The van der Waals surface area contributed by atoms with E-state index >= 15 is 0 Å². The maximum Gasteiger partial charge on any atom is 0.354 e. The molecule has 3 amide bonds. The lowest BCUT2D eigenvalue weighted by Gasteiger charge is -2.46. The van der Waals surface area contributed by atoms with Crippen molar-refractivity contribution in [2.24, 2.45) is 0 Å². The summed E-state index contributed by atoms with van der Waals surface area (Å²) in [4.78, 5) is 52.0. The maximum absolute atomic E-state index is 12.8. The lowest BCUT2D eigenvalue weighted by Crippen LogP contribution is -2.69. The Kier molecular flexibility index (Phi) is 5.50. The number of β-lactam (4-membered cyclic amide) rings is 1. The molecule has 1 saturated heterocycles. The minimum Gasteiger partial charge on any atom is -0.464 e. The van der Waals surface area contributed by atoms with Gasteiger partial charge in [0.25, 0.3) is 17.7 Å². The quantitative estimate of drug-likeness (QED) is 0.179. The lowest BCUT2D eigenvalue weighted by atomic mass is 10.0. The highest BCUT2D eigenvalue weighted by Gasteiger charge is 2.58. The van der Waals surface area contributed by atoms with Crippen LogP contribution >= 0.6 is 33.3 Å². The number of ether oxygens (including phenoxy) is 1. The average molecular weight is 429 g/mol. The van der Waals surface area contributed by atoms with Gasteiger partial charge in [-0.2, -0.15) is 0 Å². The van der Waals surface area contributed by atoms with Crippen molar-refractivity contribution in [3.05, 3.63) is 46.7 Å². The van der Waals surface area contributed by atoms with E-state index in [0.717, 1.165) is 20.8 Å². The number of amides is 3. The Balaban J connectivity index is 1.92. The van der Waals surface area contributed by atoms with Crippen molar-refractivity contribution in [1.82, 2.24) is 9.80 Å². The van der Waals surface area contributed by atoms with Gasteiger partial charge in [0, 0.05) is 5.75 Å². The summed E-state index contributed by atoms with van der Waals surface area (Å²) in [6.45, 7) is 1.62. The van der Waals surface area contributed by atoms with E-state index < -0.39 is 35.2 Å². The van der Waals surface area contributed by atoms with Gasteiger partial charge in [0.1, 0.15) is 11.2 Å². The molecule has 2 heterocycles. The minimum atomic E-state index is -1.20. The largest absolute Gasteiger partial charge is 0.464 e. The van der Waals surface area contributed by atoms with Crippen LogP contribution in [-0.4, -0.2) is 57.9 Å². The Labute approximate surface area is 168 Å². The van der Waals surface area contributed by atoms with Gasteiger partial charge in [-0.15, -0.1) is 0 Å². The summed E-state index contributed by atoms with van der Waals surface area (Å²) in [6, 6.07) is 5.09. The molecule has 0 bridgehead atoms. The van der Waals surface area contributed by atoms with Gasteiger partial charge < -0.3 is 4.74 Å². The van der Waals surface area contributed by atoms with E-state index in [0.29, 0.717) is 5.57 Å². The van der Waals surface area contributed by atoms with Crippen LogP contribution in [0.25, 0.3) is 0 Å². The van der Waals surface area contributed by atoms with Gasteiger partial charge in [0.05, 0.1) is 18.2 Å². The number of likely N-dealkylation sites (tertiary alicyclic amines) is 1. The number of alkyl halides is 1. The monoisotopic (exact) mass is 428 g/mol. The van der Waals surface area contributed by atoms with E-state index in [1.54, 1.807) is 19.1 Å². The average Bonchev–Trinajstić information content (AvgIpc) is 2.91. The van der Waals surface area contributed by atoms with Gasteiger partial charge in [0.2, 0.25) is 0 Å². The van der Waals surface area contributed by atoms with Crippen LogP contribution in [-0.2, 0) is 14.3 Å². The summed E-state index contributed by atoms with van der Waals surface area (Å²) in [5.41, 5.74) is -0.207. The highest BCUT2D eigenvalue weighted by Crippen LogP contribution is 2.38. The molecule has 1 fully saturated rings. The zero-order chi connectivity index (χ0) is 19.9. The molecule has 0 radical (unpaired) electrons. The van der Waals surface area contributed by atoms with Crippen LogP contribution in [0.3, 0.4) is 0 Å². The van der Waals surface area contributed by atoms with Crippen molar-refractivity contribution in [1.29, 1.82) is 0 Å². The van der Waals surface area contributed by atoms with Crippen molar-refractivity contribution < 1.29 is 23.9 Å². The summed E-state index contributed by atoms with van der Waals surface area (Å²) in [5, 5.41) is 0. The number of imide groups is 1. The van der Waals surface area contributed by atoms with Crippen LogP contribution in [0.15, 0.2) is 35.5 Å². The maximum atomic E-state index is 12.8. The second-order valence-corrected chi connectivity index (χ2v) is 7.53. The lowest BCUT2D eigenvalue weighted by molar-refractivity contribution is -0.153. The first-order chi connectivity index (χ1) is 12.8. The van der Waals surface area contributed by atoms with E-state index in [1.807, 2.05) is 0 Å². The van der Waals surface area contributed by atoms with Gasteiger partial charge in [-0.3, -0.25) is 24.2 Å². The third-order valence-electron chi connectivity index (χ3n) is 4.40. The van der Waals surface area contributed by atoms with Crippen molar-refractivity contribution >= 4 is 56.9 Å². The standard InChI is InChI=1S/C17H14Cl2N2O5S/c1-8(7-27-19)11(17(25)26-2)20-13(18)12(16(20)24)21-14(22)9-5-3-4-6-10(9)15(21)23/h3-6,12-13H,7H2,1-2H3/b11-8+/t12-,13+/m0/s1. The van der Waals surface area contributed by atoms with Gasteiger partial charge in [-0.25, -0.2) is 4.79 Å². The number of fused-ring (bicyclic) bond motifs is 1. The zero-order valence-electron chi connectivity index (χ0n) is 14.3. The van der Waals surface area contributed by atoms with E-state index in [2.05, 4.69) is 0 Å². The summed E-state index contributed by atoms with van der Waals surface area (Å²) in [5.74, 6) is -2.30. The van der Waals surface area contributed by atoms with E-state index in [9.17, 15) is 19.2 Å². The van der Waals surface area contributed by atoms with Crippen LogP contribution < -0.4 is 0 Å². The summed E-state index contributed by atoms with van der Waals surface area (Å²) < 4.78 is 4.74. The molecule has 0 spiro atoms. The van der Waals surface area contributed by atoms with Gasteiger partial charge in [0.15, 0.2) is 6.04 Å². The van der Waals surface area contributed by atoms with Gasteiger partial charge in [-0.05, 0) is 35.3 Å². The zero-order valence-corrected chi connectivity index (χ0v) is 16.6. The number of benzene rings is 1. The predicted octanol–water partition coefficient (Wildman–Crippen LogP) is 2.39. The third kappa shape index (κ3) is 3.01. The molecule has 142 valence electrons. The molecule has 27 heavy (non-hydrogen) atoms. The minimum absolute atomic E-state index is 0.0384. The number of rotatable bonds is 5. The summed E-state index contributed by atoms with van der Waals surface area (Å²) >= 11 is 6.35. The Bertz CT molecular complexity index is 853. The molecule has 0 aliphatic carbocycles. The second-order valence-electron chi connectivity index (χ2n) is 5.93. The SMILES string of the molecule is COC(=O)/C(=C(/C)CSCl)N1C(=O)[C@@H](N2C(=O)c3ccccc3C2=O)[C@@H]1Cl. The van der Waals surface area contributed by atoms with Crippen molar-refractivity contribution in [2.75, 3.05) is 12.9 Å². The number of hydrogen-bond donors (Lipinski definition) is 0. The third-order valence-corrected chi connectivity index (χ3v) is 5.70. The number of hydrogen-bond acceptors (Lipinski definition) is 6. The first-order valence-corrected chi connectivity index (χ1v) is 10.1. The van der Waals surface area contributed by atoms with E-state index in [1.165, 1.54) is 19.2 Å². The number of carbonyl (C=O) groups excluding carboxylic acids is 4. The number of halogens is 2. The molecule has 0 saturated carbocycles. The van der Waals surface area contributed by atoms with E-state index in [4.69, 9.17) is 27.0 Å². The van der Waals surface area contributed by atoms with Crippen LogP contribution in [0.5, 0.6) is 0 Å². The van der Waals surface area contributed by atoms with Crippen LogP contribution in [0.2, 0.25) is 0 Å². The molecule has 1 aromatic rings. The summed E-state index contributed by atoms with van der Waals surface area (Å²) in [6.07, 6.45) is 0. The van der Waals surface area contributed by atoms with Crippen molar-refractivity contribution in [3.8, 4) is 0 Å². The highest BCUT2D eigenvalue weighted by atomic mass is 35.7. The Hall–Kier alpha value is -2.03. The van der Waals surface area contributed by atoms with Gasteiger partial charge >= 0.3 is 5.97 Å². The molecule has 0 aromatic heterocycles. The fourth-order valence-corrected chi connectivity index (χ4v) is 4.30. The first kappa shape index (κ1) is 19.7. The molecule has 2 aliphatic heterocycles. The number of nitrogens with zero attached hydrogens (tertiary/aromatic N) is 2. The number of esters is 1. The predicted molar refractivity (Wildman–Crippen MR) is 100 cm³/mol. The molecule has 0 N–H and O–H groups in total. The topological polar surface area (TPSA) is 84.0 Å². The molecular formula is C17H14Cl2N2O5S. The Morgan fingerprint density at radius 2 is 1.74 bits per heavy atom. The Morgan fingerprint density at radius 1 is 1.19 bits per heavy atom. The highest BCUT2D eigenvalue weighted by molar-refractivity contribution is 8.21. The smallest absolute Gasteiger partial charge is 0.354 e. The van der Waals surface area contributed by atoms with Crippen LogP contribution in [0.1, 0.15) is 27.6 Å². The molecule has 2 aliphatic rings. The van der Waals surface area contributed by atoms with Crippen LogP contribution in [0, 0.1) is 0 Å². The van der Waals surface area contributed by atoms with E-state index in [-0.39, 0.29) is 22.6 Å². The van der Waals surface area contributed by atoms with Crippen LogP contribution in [0.4, 0.5) is 0 Å². The number of carbonyl (C=O) groups is 4. The molecule has 3 rings (SSSR count). The molecule has 7 nitrogen and oxygen atoms in total. The van der Waals surface area contributed by atoms with Crippen molar-refractivity contribution in [3.63, 3.8) is 0 Å². The molecule has 0 unspecified atom stereocenters. The fraction of sp³-hybridized carbons (Fsp3) is 0.294. The molecule has 2 atom stereocenters. The first-order valence-electron chi connectivity index (χ1n) is 7.80. The Morgan fingerprint density at radius 3 is 2.19 bits per heavy atom. The second kappa shape index (κ2) is 7.53. The summed E-state index contributed by atoms with van der Waals surface area (Å²) in [7, 11) is 7.77. The molecule has 1 aromatic carbocycles. The van der Waals surface area contributed by atoms with Crippen molar-refractivity contribution in [2.45, 2.75) is 18.5 Å². The molecular weight excluding hydrogens is 415 g/mol. The normalized spacial score (nSPS) is 22.4. The fourth-order valence-electron chi connectivity index (χ4n) is 3.09.